The first kappa shape index (κ1) is 27.3. The molecule has 1 aromatic carbocycles. The molecule has 9 nitrogen and oxygen atoms in total. The van der Waals surface area contributed by atoms with E-state index in [4.69, 9.17) is 9.47 Å². The summed E-state index contributed by atoms with van der Waals surface area (Å²) in [4.78, 5) is 16.9. The monoisotopic (exact) mass is 530 g/mol. The highest BCUT2D eigenvalue weighted by Crippen LogP contribution is 2.27. The largest absolute Gasteiger partial charge is 0.497 e. The number of nitrogens with zero attached hydrogens (tertiary/aromatic N) is 4. The second-order valence-corrected chi connectivity index (χ2v) is 12.8. The smallest absolute Gasteiger partial charge is 0.410 e. The van der Waals surface area contributed by atoms with E-state index >= 15 is 0 Å². The zero-order valence-corrected chi connectivity index (χ0v) is 23.0. The third-order valence-corrected chi connectivity index (χ3v) is 8.78. The number of aromatic nitrogens is 2. The number of piperidine rings is 2. The molecule has 0 saturated carbocycles. The van der Waals surface area contributed by atoms with Gasteiger partial charge in [0.25, 0.3) is 0 Å². The van der Waals surface area contributed by atoms with Crippen molar-refractivity contribution in [2.45, 2.75) is 74.4 Å². The Labute approximate surface area is 220 Å². The molecule has 4 rings (SSSR count). The van der Waals surface area contributed by atoms with Crippen LogP contribution in [0.1, 0.15) is 52.1 Å². The fraction of sp³-hybridized carbons (Fsp3) is 0.593. The van der Waals surface area contributed by atoms with Crippen molar-refractivity contribution in [3.05, 3.63) is 42.1 Å². The molecule has 2 fully saturated rings. The van der Waals surface area contributed by atoms with Gasteiger partial charge in [0.1, 0.15) is 11.4 Å². The van der Waals surface area contributed by atoms with Crippen LogP contribution < -0.4 is 4.74 Å². The highest BCUT2D eigenvalue weighted by molar-refractivity contribution is 7.91. The number of hydrogen-bond donors (Lipinski definition) is 0. The van der Waals surface area contributed by atoms with Gasteiger partial charge in [-0.2, -0.15) is 5.10 Å². The van der Waals surface area contributed by atoms with Crippen LogP contribution in [-0.2, 0) is 21.0 Å². The Morgan fingerprint density at radius 3 is 2.14 bits per heavy atom. The molecule has 0 bridgehead atoms. The first-order chi connectivity index (χ1) is 17.5. The summed E-state index contributed by atoms with van der Waals surface area (Å²) in [5, 5.41) is 8.24. The Balaban J connectivity index is 1.25. The van der Waals surface area contributed by atoms with Gasteiger partial charge in [-0.15, -0.1) is 5.10 Å². The summed E-state index contributed by atoms with van der Waals surface area (Å²) in [7, 11) is -2.18. The molecule has 1 amide bonds. The highest BCUT2D eigenvalue weighted by atomic mass is 32.2. The van der Waals surface area contributed by atoms with Crippen molar-refractivity contribution in [3.63, 3.8) is 0 Å². The first-order valence-electron chi connectivity index (χ1n) is 13.0. The molecule has 0 aliphatic carbocycles. The summed E-state index contributed by atoms with van der Waals surface area (Å²) in [5.74, 6) is 1.09. The molecule has 2 saturated heterocycles. The van der Waals surface area contributed by atoms with Crippen LogP contribution in [0, 0.1) is 5.92 Å². The zero-order valence-electron chi connectivity index (χ0n) is 22.2. The lowest BCUT2D eigenvalue weighted by Gasteiger charge is -2.41. The van der Waals surface area contributed by atoms with E-state index in [2.05, 4.69) is 15.1 Å². The summed E-state index contributed by atoms with van der Waals surface area (Å²) in [6.07, 6.45) is 4.66. The molecule has 0 unspecified atom stereocenters. The zero-order chi connectivity index (χ0) is 26.6. The molecule has 0 N–H and O–H groups in total. The van der Waals surface area contributed by atoms with E-state index in [1.54, 1.807) is 24.3 Å². The van der Waals surface area contributed by atoms with E-state index in [1.807, 2.05) is 25.7 Å². The van der Waals surface area contributed by atoms with E-state index in [-0.39, 0.29) is 16.0 Å². The maximum absolute atomic E-state index is 12.9. The van der Waals surface area contributed by atoms with Gasteiger partial charge in [-0.1, -0.05) is 0 Å². The molecule has 2 aliphatic heterocycles. The highest BCUT2D eigenvalue weighted by Gasteiger charge is 2.31. The number of ether oxygens (including phenoxy) is 2. The Hall–Kier alpha value is -2.72. The van der Waals surface area contributed by atoms with Crippen molar-refractivity contribution in [2.24, 2.45) is 5.92 Å². The number of amides is 1. The lowest BCUT2D eigenvalue weighted by atomic mass is 9.90. The second-order valence-electron chi connectivity index (χ2n) is 10.9. The number of methoxy groups -OCH3 is 1. The standard InChI is InChI=1S/C27H38N4O5S/c1-27(2,3)36-26(32)31-17-13-22(14-18-31)30-15-11-20(12-16-30)19-21-5-10-25(29-28-21)37(33,34)24-8-6-23(35-4)7-9-24/h5-10,20,22H,11-19H2,1-4H3. The van der Waals surface area contributed by atoms with Gasteiger partial charge in [0, 0.05) is 19.1 Å². The van der Waals surface area contributed by atoms with Crippen molar-refractivity contribution >= 4 is 15.9 Å². The molecule has 1 aromatic heterocycles. The van der Waals surface area contributed by atoms with E-state index < -0.39 is 15.4 Å². The van der Waals surface area contributed by atoms with Gasteiger partial charge in [-0.3, -0.25) is 0 Å². The molecule has 2 aliphatic rings. The SMILES string of the molecule is COc1ccc(S(=O)(=O)c2ccc(CC3CCN(C4CCN(C(=O)OC(C)(C)C)CC4)CC3)nn2)cc1. The van der Waals surface area contributed by atoms with Crippen LogP contribution in [-0.4, -0.2) is 79.4 Å². The van der Waals surface area contributed by atoms with Crippen LogP contribution in [0.3, 0.4) is 0 Å². The van der Waals surface area contributed by atoms with Crippen molar-refractivity contribution in [3.8, 4) is 5.75 Å². The van der Waals surface area contributed by atoms with Gasteiger partial charge in [0.05, 0.1) is 17.7 Å². The predicted octanol–water partition coefficient (Wildman–Crippen LogP) is 3.97. The molecule has 10 heteroatoms. The van der Waals surface area contributed by atoms with Gasteiger partial charge in [0.15, 0.2) is 5.03 Å². The molecule has 202 valence electrons. The van der Waals surface area contributed by atoms with Crippen molar-refractivity contribution in [1.29, 1.82) is 0 Å². The number of carbonyl (C=O) groups is 1. The van der Waals surface area contributed by atoms with E-state index in [1.165, 1.54) is 19.2 Å². The van der Waals surface area contributed by atoms with Gasteiger partial charge < -0.3 is 19.3 Å². The van der Waals surface area contributed by atoms with E-state index in [9.17, 15) is 13.2 Å². The third kappa shape index (κ3) is 6.98. The van der Waals surface area contributed by atoms with E-state index in [0.717, 1.165) is 64.0 Å². The van der Waals surface area contributed by atoms with E-state index in [0.29, 0.717) is 17.7 Å². The van der Waals surface area contributed by atoms with Crippen molar-refractivity contribution in [2.75, 3.05) is 33.3 Å². The van der Waals surface area contributed by atoms with Crippen molar-refractivity contribution < 1.29 is 22.7 Å². The minimum Gasteiger partial charge on any atom is -0.497 e. The Kier molecular flexibility index (Phi) is 8.38. The molecule has 0 radical (unpaired) electrons. The lowest BCUT2D eigenvalue weighted by molar-refractivity contribution is 0.0118. The summed E-state index contributed by atoms with van der Waals surface area (Å²) >= 11 is 0. The average Bonchev–Trinajstić information content (AvgIpc) is 2.88. The summed E-state index contributed by atoms with van der Waals surface area (Å²) < 4.78 is 36.3. The molecular weight excluding hydrogens is 492 g/mol. The first-order valence-corrected chi connectivity index (χ1v) is 14.5. The van der Waals surface area contributed by atoms with Crippen LogP contribution in [0.4, 0.5) is 4.79 Å². The number of hydrogen-bond acceptors (Lipinski definition) is 8. The molecule has 37 heavy (non-hydrogen) atoms. The summed E-state index contributed by atoms with van der Waals surface area (Å²) in [6.45, 7) is 9.21. The Morgan fingerprint density at radius 1 is 0.946 bits per heavy atom. The number of carbonyl (C=O) groups excluding carboxylic acids is 1. The average molecular weight is 531 g/mol. The number of rotatable bonds is 6. The van der Waals surface area contributed by atoms with Crippen LogP contribution in [0.15, 0.2) is 46.3 Å². The van der Waals surface area contributed by atoms with Gasteiger partial charge in [-0.25, -0.2) is 13.2 Å². The molecule has 2 aromatic rings. The maximum Gasteiger partial charge on any atom is 0.410 e. The minimum atomic E-state index is -3.72. The summed E-state index contributed by atoms with van der Waals surface area (Å²) in [6, 6.07) is 10.1. The lowest BCUT2D eigenvalue weighted by Crippen LogP contribution is -2.49. The number of sulfone groups is 1. The second kappa shape index (κ2) is 11.3. The topological polar surface area (TPSA) is 102 Å². The fourth-order valence-electron chi connectivity index (χ4n) is 5.03. The van der Waals surface area contributed by atoms with Crippen LogP contribution >= 0.6 is 0 Å². The van der Waals surface area contributed by atoms with Gasteiger partial charge >= 0.3 is 6.09 Å². The quantitative estimate of drug-likeness (QED) is 0.553. The summed E-state index contributed by atoms with van der Waals surface area (Å²) in [5.41, 5.74) is 0.350. The molecular formula is C27H38N4O5S. The minimum absolute atomic E-state index is 0.0473. The van der Waals surface area contributed by atoms with Gasteiger partial charge in [0.2, 0.25) is 9.84 Å². The Morgan fingerprint density at radius 2 is 1.59 bits per heavy atom. The molecule has 0 atom stereocenters. The Bertz CT molecular complexity index is 1150. The number of likely N-dealkylation sites (tertiary alicyclic amines) is 2. The van der Waals surface area contributed by atoms with Crippen LogP contribution in [0.25, 0.3) is 0 Å². The predicted molar refractivity (Wildman–Crippen MR) is 139 cm³/mol. The van der Waals surface area contributed by atoms with Gasteiger partial charge in [-0.05, 0) is 108 Å². The normalized spacial score (nSPS) is 18.5. The maximum atomic E-state index is 12.9. The number of benzene rings is 1. The molecule has 0 spiro atoms. The van der Waals surface area contributed by atoms with Crippen molar-refractivity contribution in [1.82, 2.24) is 20.0 Å². The third-order valence-electron chi connectivity index (χ3n) is 7.12. The van der Waals surface area contributed by atoms with Crippen LogP contribution in [0.2, 0.25) is 0 Å². The van der Waals surface area contributed by atoms with Crippen LogP contribution in [0.5, 0.6) is 5.75 Å². The fourth-order valence-corrected chi connectivity index (χ4v) is 6.16. The molecule has 3 heterocycles.